The third-order valence-electron chi connectivity index (χ3n) is 6.00. The number of aryl methyl sites for hydroxylation is 2. The lowest BCUT2D eigenvalue weighted by molar-refractivity contribution is 0.0685. The average molecular weight is 484 g/mol. The first-order valence-corrected chi connectivity index (χ1v) is 11.9. The van der Waals surface area contributed by atoms with Crippen LogP contribution in [0.1, 0.15) is 43.1 Å². The van der Waals surface area contributed by atoms with Gasteiger partial charge < -0.3 is 14.6 Å². The van der Waals surface area contributed by atoms with Gasteiger partial charge in [0.25, 0.3) is 5.91 Å². The van der Waals surface area contributed by atoms with Crippen LogP contribution in [-0.4, -0.2) is 40.5 Å². The van der Waals surface area contributed by atoms with E-state index in [1.807, 2.05) is 24.3 Å². The zero-order chi connectivity index (χ0) is 25.3. The van der Waals surface area contributed by atoms with Gasteiger partial charge >= 0.3 is 5.97 Å². The molecule has 0 saturated heterocycles. The van der Waals surface area contributed by atoms with Crippen molar-refractivity contribution < 1.29 is 14.7 Å². The molecule has 0 radical (unpaired) electrons. The van der Waals surface area contributed by atoms with Crippen molar-refractivity contribution in [1.29, 1.82) is 5.26 Å². The highest BCUT2D eigenvalue weighted by Gasteiger charge is 2.19. The van der Waals surface area contributed by atoms with E-state index >= 15 is 0 Å². The highest BCUT2D eigenvalue weighted by molar-refractivity contribution is 7.99. The maximum absolute atomic E-state index is 12.2. The standard InChI is InChI=1S/C28H25N3O3S/c1-17-5-10-22(11-18(17)2)35-23-12-21(15-29)24-14-26(28(33)34)31(25(24)13-23)16-19-6-8-20(9-7-19)27(32)30(3)4/h5-14H,16H2,1-4H3,(H,33,34). The van der Waals surface area contributed by atoms with Crippen LogP contribution >= 0.6 is 11.8 Å². The molecule has 1 heterocycles. The molecule has 0 saturated carbocycles. The number of carbonyl (C=O) groups excluding carboxylic acids is 1. The van der Waals surface area contributed by atoms with Crippen molar-refractivity contribution in [3.8, 4) is 6.07 Å². The van der Waals surface area contributed by atoms with Gasteiger partial charge in [0.15, 0.2) is 0 Å². The van der Waals surface area contributed by atoms with Crippen LogP contribution in [0.25, 0.3) is 10.9 Å². The molecule has 0 atom stereocenters. The van der Waals surface area contributed by atoms with E-state index in [2.05, 4.69) is 32.0 Å². The Bertz CT molecular complexity index is 1490. The van der Waals surface area contributed by atoms with E-state index < -0.39 is 5.97 Å². The Morgan fingerprint density at radius 1 is 0.971 bits per heavy atom. The molecule has 7 heteroatoms. The lowest BCUT2D eigenvalue weighted by Gasteiger charge is -2.13. The van der Waals surface area contributed by atoms with Crippen LogP contribution in [0, 0.1) is 25.2 Å². The quantitative estimate of drug-likeness (QED) is 0.379. The van der Waals surface area contributed by atoms with Crippen LogP contribution < -0.4 is 0 Å². The summed E-state index contributed by atoms with van der Waals surface area (Å²) in [5.74, 6) is -1.16. The number of benzene rings is 3. The van der Waals surface area contributed by atoms with Gasteiger partial charge in [0.1, 0.15) is 5.69 Å². The van der Waals surface area contributed by atoms with Crippen LogP contribution in [0.3, 0.4) is 0 Å². The summed E-state index contributed by atoms with van der Waals surface area (Å²) in [5.41, 5.74) is 5.03. The van der Waals surface area contributed by atoms with Gasteiger partial charge in [-0.3, -0.25) is 4.79 Å². The number of carboxylic acids is 1. The molecule has 0 aliphatic carbocycles. The Kier molecular flexibility index (Phi) is 6.68. The Balaban J connectivity index is 1.78. The number of nitriles is 1. The molecule has 1 N–H and O–H groups in total. The highest BCUT2D eigenvalue weighted by Crippen LogP contribution is 2.34. The second-order valence-electron chi connectivity index (χ2n) is 8.68. The molecule has 4 rings (SSSR count). The van der Waals surface area contributed by atoms with E-state index in [9.17, 15) is 20.0 Å². The molecule has 1 aromatic heterocycles. The number of carbonyl (C=O) groups is 2. The zero-order valence-electron chi connectivity index (χ0n) is 20.0. The van der Waals surface area contributed by atoms with Crippen molar-refractivity contribution in [3.63, 3.8) is 0 Å². The average Bonchev–Trinajstić information content (AvgIpc) is 3.19. The largest absolute Gasteiger partial charge is 0.477 e. The topological polar surface area (TPSA) is 86.3 Å². The number of hydrogen-bond acceptors (Lipinski definition) is 4. The lowest BCUT2D eigenvalue weighted by Crippen LogP contribution is -2.21. The molecule has 4 aromatic rings. The normalized spacial score (nSPS) is 10.8. The number of hydrogen-bond donors (Lipinski definition) is 1. The van der Waals surface area contributed by atoms with Crippen LogP contribution in [-0.2, 0) is 6.54 Å². The first kappa shape index (κ1) is 24.1. The summed E-state index contributed by atoms with van der Waals surface area (Å²) in [7, 11) is 3.39. The van der Waals surface area contributed by atoms with Crippen molar-refractivity contribution in [3.05, 3.63) is 94.2 Å². The predicted octanol–water partition coefficient (Wildman–Crippen LogP) is 5.73. The Morgan fingerprint density at radius 2 is 1.69 bits per heavy atom. The van der Waals surface area contributed by atoms with Gasteiger partial charge in [-0.15, -0.1) is 0 Å². The molecular formula is C28H25N3O3S. The van der Waals surface area contributed by atoms with Crippen LogP contribution in [0.5, 0.6) is 0 Å². The molecule has 176 valence electrons. The first-order valence-electron chi connectivity index (χ1n) is 11.0. The smallest absolute Gasteiger partial charge is 0.352 e. The third kappa shape index (κ3) is 4.93. The molecule has 6 nitrogen and oxygen atoms in total. The van der Waals surface area contributed by atoms with E-state index in [-0.39, 0.29) is 11.6 Å². The van der Waals surface area contributed by atoms with Crippen LogP contribution in [0.15, 0.2) is 70.5 Å². The van der Waals surface area contributed by atoms with Crippen molar-refractivity contribution >= 4 is 34.5 Å². The zero-order valence-corrected chi connectivity index (χ0v) is 20.8. The van der Waals surface area contributed by atoms with Gasteiger partial charge in [0.2, 0.25) is 0 Å². The molecule has 0 bridgehead atoms. The summed E-state index contributed by atoms with van der Waals surface area (Å²) < 4.78 is 1.71. The van der Waals surface area contributed by atoms with Gasteiger partial charge in [-0.2, -0.15) is 5.26 Å². The molecule has 0 unspecified atom stereocenters. The molecule has 0 spiro atoms. The third-order valence-corrected chi connectivity index (χ3v) is 6.96. The van der Waals surface area contributed by atoms with Crippen LogP contribution in [0.2, 0.25) is 0 Å². The number of nitrogens with zero attached hydrogens (tertiary/aromatic N) is 3. The van der Waals surface area contributed by atoms with Crippen molar-refractivity contribution in [1.82, 2.24) is 9.47 Å². The molecule has 0 aliphatic heterocycles. The first-order chi connectivity index (χ1) is 16.7. The Labute approximate surface area is 208 Å². The summed E-state index contributed by atoms with van der Waals surface area (Å²) in [4.78, 5) is 27.7. The summed E-state index contributed by atoms with van der Waals surface area (Å²) in [6.45, 7) is 4.42. The molecule has 0 fully saturated rings. The van der Waals surface area contributed by atoms with E-state index in [4.69, 9.17) is 0 Å². The molecular weight excluding hydrogens is 458 g/mol. The summed E-state index contributed by atoms with van der Waals surface area (Å²) in [5, 5.41) is 20.3. The van der Waals surface area contributed by atoms with Gasteiger partial charge in [-0.1, -0.05) is 30.0 Å². The van der Waals surface area contributed by atoms with Crippen LogP contribution in [0.4, 0.5) is 0 Å². The molecule has 35 heavy (non-hydrogen) atoms. The SMILES string of the molecule is Cc1ccc(Sc2cc(C#N)c3cc(C(=O)O)n(Cc4ccc(C(=O)N(C)C)cc4)c3c2)cc1C. The minimum absolute atomic E-state index is 0.0964. The number of amides is 1. The lowest BCUT2D eigenvalue weighted by atomic mass is 10.1. The maximum atomic E-state index is 12.2. The second-order valence-corrected chi connectivity index (χ2v) is 9.83. The number of rotatable bonds is 6. The minimum atomic E-state index is -1.06. The van der Waals surface area contributed by atoms with E-state index in [0.29, 0.717) is 28.6 Å². The second kappa shape index (κ2) is 9.69. The van der Waals surface area contributed by atoms with Gasteiger partial charge in [-0.25, -0.2) is 4.79 Å². The monoisotopic (exact) mass is 483 g/mol. The number of aromatic carboxylic acids is 1. The van der Waals surface area contributed by atoms with E-state index in [0.717, 1.165) is 15.4 Å². The number of carboxylic acid groups (broad SMARTS) is 1. The fourth-order valence-electron chi connectivity index (χ4n) is 3.94. The van der Waals surface area contributed by atoms with Gasteiger partial charge in [0, 0.05) is 41.4 Å². The minimum Gasteiger partial charge on any atom is -0.477 e. The summed E-state index contributed by atoms with van der Waals surface area (Å²) in [6, 6.07) is 20.9. The fraction of sp³-hybridized carbons (Fsp3) is 0.179. The van der Waals surface area contributed by atoms with Crippen molar-refractivity contribution in [2.75, 3.05) is 14.1 Å². The summed E-state index contributed by atoms with van der Waals surface area (Å²) >= 11 is 1.54. The number of fused-ring (bicyclic) bond motifs is 1. The summed E-state index contributed by atoms with van der Waals surface area (Å²) in [6.07, 6.45) is 0. The van der Waals surface area contributed by atoms with Crippen molar-refractivity contribution in [2.24, 2.45) is 0 Å². The predicted molar refractivity (Wildman–Crippen MR) is 137 cm³/mol. The highest BCUT2D eigenvalue weighted by atomic mass is 32.2. The molecule has 1 amide bonds. The van der Waals surface area contributed by atoms with Gasteiger partial charge in [-0.05, 0) is 73.0 Å². The van der Waals surface area contributed by atoms with E-state index in [1.54, 1.807) is 54.7 Å². The Hall–Kier alpha value is -4.02. The van der Waals surface area contributed by atoms with E-state index in [1.165, 1.54) is 16.0 Å². The molecule has 3 aromatic carbocycles. The number of aromatic nitrogens is 1. The van der Waals surface area contributed by atoms with Crippen molar-refractivity contribution in [2.45, 2.75) is 30.2 Å². The fourth-order valence-corrected chi connectivity index (χ4v) is 4.93. The molecule has 0 aliphatic rings. The Morgan fingerprint density at radius 3 is 2.29 bits per heavy atom. The van der Waals surface area contributed by atoms with Gasteiger partial charge in [0.05, 0.1) is 17.1 Å². The maximum Gasteiger partial charge on any atom is 0.352 e.